The first-order chi connectivity index (χ1) is 18.7. The Bertz CT molecular complexity index is 1520. The van der Waals surface area contributed by atoms with E-state index in [4.69, 9.17) is 15.2 Å². The molecule has 13 heteroatoms. The number of aromatic nitrogens is 2. The number of nitrogen functional groups attached to an aromatic ring is 1. The average Bonchev–Trinajstić information content (AvgIpc) is 2.87. The van der Waals surface area contributed by atoms with Crippen LogP contribution in [0.5, 0.6) is 11.5 Å². The fraction of sp³-hybridized carbons (Fsp3) is 0.385. The molecule has 2 fully saturated rings. The number of ether oxygens (including phenoxy) is 2. The minimum absolute atomic E-state index is 0.0276. The second-order valence-electron chi connectivity index (χ2n) is 9.55. The Balaban J connectivity index is 1.37. The molecule has 39 heavy (non-hydrogen) atoms. The van der Waals surface area contributed by atoms with Gasteiger partial charge in [0.1, 0.15) is 23.1 Å². The summed E-state index contributed by atoms with van der Waals surface area (Å²) < 4.78 is 67.5. The summed E-state index contributed by atoms with van der Waals surface area (Å²) in [6.45, 7) is 0.918. The van der Waals surface area contributed by atoms with Crippen molar-refractivity contribution >= 4 is 21.4 Å². The Morgan fingerprint density at radius 1 is 1.08 bits per heavy atom. The minimum Gasteiger partial charge on any atom is -0.495 e. The van der Waals surface area contributed by atoms with E-state index >= 15 is 0 Å². The third-order valence-electron chi connectivity index (χ3n) is 7.03. The lowest BCUT2D eigenvalue weighted by molar-refractivity contribution is 0.118. The highest BCUT2D eigenvalue weighted by atomic mass is 32.2. The molecule has 1 saturated heterocycles. The molecule has 0 atom stereocenters. The van der Waals surface area contributed by atoms with E-state index in [-0.39, 0.29) is 55.2 Å². The predicted molar refractivity (Wildman–Crippen MR) is 142 cm³/mol. The van der Waals surface area contributed by atoms with Crippen molar-refractivity contribution in [3.8, 4) is 17.2 Å². The molecular formula is C26H29F2N5O5S. The summed E-state index contributed by atoms with van der Waals surface area (Å²) in [4.78, 5) is 15.3. The molecule has 0 bridgehead atoms. The Morgan fingerprint density at radius 3 is 2.38 bits per heavy atom. The molecule has 5 rings (SSSR count). The van der Waals surface area contributed by atoms with E-state index in [2.05, 4.69) is 5.10 Å². The molecule has 1 aliphatic heterocycles. The highest BCUT2D eigenvalue weighted by molar-refractivity contribution is 7.88. The number of anilines is 2. The summed E-state index contributed by atoms with van der Waals surface area (Å²) in [6, 6.07) is 7.76. The van der Waals surface area contributed by atoms with E-state index in [1.54, 1.807) is 18.2 Å². The number of nitrogens with two attached hydrogens (primary N) is 1. The van der Waals surface area contributed by atoms with Gasteiger partial charge in [-0.15, -0.1) is 0 Å². The van der Waals surface area contributed by atoms with Crippen molar-refractivity contribution in [3.05, 3.63) is 70.1 Å². The van der Waals surface area contributed by atoms with E-state index in [9.17, 15) is 22.0 Å². The van der Waals surface area contributed by atoms with Crippen molar-refractivity contribution in [1.29, 1.82) is 0 Å². The van der Waals surface area contributed by atoms with Gasteiger partial charge < -0.3 is 20.1 Å². The highest BCUT2D eigenvalue weighted by Crippen LogP contribution is 2.32. The van der Waals surface area contributed by atoms with Crippen LogP contribution in [-0.4, -0.2) is 61.9 Å². The van der Waals surface area contributed by atoms with Crippen LogP contribution in [-0.2, 0) is 15.8 Å². The molecule has 10 nitrogen and oxygen atoms in total. The smallest absolute Gasteiger partial charge is 0.316 e. The number of para-hydroxylation sites is 1. The van der Waals surface area contributed by atoms with Gasteiger partial charge in [-0.2, -0.15) is 14.1 Å². The Kier molecular flexibility index (Phi) is 7.45. The molecule has 208 valence electrons. The third-order valence-corrected chi connectivity index (χ3v) is 8.86. The second kappa shape index (κ2) is 10.8. The summed E-state index contributed by atoms with van der Waals surface area (Å²) >= 11 is 0. The van der Waals surface area contributed by atoms with Crippen molar-refractivity contribution in [3.63, 3.8) is 0 Å². The van der Waals surface area contributed by atoms with Gasteiger partial charge in [0.05, 0.1) is 36.5 Å². The van der Waals surface area contributed by atoms with E-state index < -0.39 is 27.2 Å². The lowest BCUT2D eigenvalue weighted by atomic mass is 9.96. The van der Waals surface area contributed by atoms with Crippen molar-refractivity contribution in [2.45, 2.75) is 31.1 Å². The van der Waals surface area contributed by atoms with Gasteiger partial charge in [0.25, 0.3) is 0 Å². The first-order valence-corrected chi connectivity index (χ1v) is 14.2. The third kappa shape index (κ3) is 5.55. The van der Waals surface area contributed by atoms with Crippen molar-refractivity contribution < 1.29 is 26.7 Å². The molecule has 0 radical (unpaired) electrons. The van der Waals surface area contributed by atoms with Crippen LogP contribution in [0.1, 0.15) is 24.8 Å². The largest absolute Gasteiger partial charge is 0.495 e. The predicted octanol–water partition coefficient (Wildman–Crippen LogP) is 2.68. The van der Waals surface area contributed by atoms with Gasteiger partial charge in [-0.3, -0.25) is 4.79 Å². The van der Waals surface area contributed by atoms with Crippen LogP contribution in [0.4, 0.5) is 20.2 Å². The van der Waals surface area contributed by atoms with Crippen molar-refractivity contribution in [1.82, 2.24) is 14.1 Å². The Hall–Kier alpha value is -3.71. The SMILES string of the molecule is COc1cccc(CS(=O)(=O)N2CCN(c3cnn(-c4cc(F)cc(F)c4)c(=O)c3OC3CCC3)CC2)c1N. The van der Waals surface area contributed by atoms with Crippen LogP contribution >= 0.6 is 0 Å². The summed E-state index contributed by atoms with van der Waals surface area (Å²) in [7, 11) is -2.22. The Morgan fingerprint density at radius 2 is 1.77 bits per heavy atom. The van der Waals surface area contributed by atoms with Crippen LogP contribution in [0.15, 0.2) is 47.4 Å². The zero-order chi connectivity index (χ0) is 27.7. The van der Waals surface area contributed by atoms with Gasteiger partial charge in [-0.25, -0.2) is 17.2 Å². The molecule has 0 spiro atoms. The number of hydrogen-bond acceptors (Lipinski definition) is 8. The molecule has 1 saturated carbocycles. The number of nitrogens with zero attached hydrogens (tertiary/aromatic N) is 4. The first-order valence-electron chi connectivity index (χ1n) is 12.6. The Labute approximate surface area is 224 Å². The lowest BCUT2D eigenvalue weighted by Crippen LogP contribution is -2.49. The summed E-state index contributed by atoms with van der Waals surface area (Å²) in [5.74, 6) is -1.50. The van der Waals surface area contributed by atoms with E-state index in [1.165, 1.54) is 17.6 Å². The number of piperazine rings is 1. The summed E-state index contributed by atoms with van der Waals surface area (Å²) in [5.41, 5.74) is 6.52. The number of halogens is 2. The number of methoxy groups -OCH3 is 1. The fourth-order valence-corrected chi connectivity index (χ4v) is 6.20. The fourth-order valence-electron chi connectivity index (χ4n) is 4.65. The van der Waals surface area contributed by atoms with Crippen LogP contribution in [0.25, 0.3) is 5.69 Å². The molecule has 1 aliphatic carbocycles. The van der Waals surface area contributed by atoms with Gasteiger partial charge >= 0.3 is 5.56 Å². The second-order valence-corrected chi connectivity index (χ2v) is 11.5. The van der Waals surface area contributed by atoms with E-state index in [1.807, 2.05) is 4.90 Å². The zero-order valence-electron chi connectivity index (χ0n) is 21.3. The molecule has 2 N–H and O–H groups in total. The normalized spacial score (nSPS) is 16.6. The topological polar surface area (TPSA) is 120 Å². The maximum absolute atomic E-state index is 13.8. The molecule has 3 aromatic rings. The van der Waals surface area contributed by atoms with Gasteiger partial charge in [0.2, 0.25) is 15.8 Å². The number of sulfonamides is 1. The lowest BCUT2D eigenvalue weighted by Gasteiger charge is -2.36. The molecule has 2 aromatic carbocycles. The van der Waals surface area contributed by atoms with Crippen LogP contribution in [0.3, 0.4) is 0 Å². The van der Waals surface area contributed by atoms with Gasteiger partial charge in [-0.1, -0.05) is 12.1 Å². The number of hydrogen-bond donors (Lipinski definition) is 1. The standard InChI is InChI=1S/C26H29F2N5O5S/c1-37-23-7-2-4-17(24(23)29)16-39(35,36)32-10-8-31(9-11-32)22-15-30-33(20-13-18(27)12-19(28)14-20)26(34)25(22)38-21-5-3-6-21/h2,4,7,12-15,21H,3,5-6,8-11,16,29H2,1H3. The molecule has 1 aromatic heterocycles. The summed E-state index contributed by atoms with van der Waals surface area (Å²) in [5, 5.41) is 4.16. The van der Waals surface area contributed by atoms with Gasteiger partial charge in [0, 0.05) is 32.2 Å². The maximum Gasteiger partial charge on any atom is 0.316 e. The van der Waals surface area contributed by atoms with Gasteiger partial charge in [0.15, 0.2) is 0 Å². The van der Waals surface area contributed by atoms with Gasteiger partial charge in [-0.05, 0) is 43.0 Å². The quantitative estimate of drug-likeness (QED) is 0.417. The van der Waals surface area contributed by atoms with Crippen LogP contribution < -0.4 is 25.7 Å². The molecule has 2 heterocycles. The van der Waals surface area contributed by atoms with Crippen LogP contribution in [0, 0.1) is 11.6 Å². The molecule has 0 unspecified atom stereocenters. The first kappa shape index (κ1) is 26.9. The number of benzene rings is 2. The molecular weight excluding hydrogens is 532 g/mol. The van der Waals surface area contributed by atoms with E-state index in [0.717, 1.165) is 36.1 Å². The van der Waals surface area contributed by atoms with E-state index in [0.29, 0.717) is 23.1 Å². The monoisotopic (exact) mass is 561 g/mol. The number of rotatable bonds is 8. The highest BCUT2D eigenvalue weighted by Gasteiger charge is 2.31. The zero-order valence-corrected chi connectivity index (χ0v) is 22.2. The van der Waals surface area contributed by atoms with Crippen molar-refractivity contribution in [2.75, 3.05) is 43.9 Å². The molecule has 2 aliphatic rings. The maximum atomic E-state index is 13.8. The summed E-state index contributed by atoms with van der Waals surface area (Å²) in [6.07, 6.45) is 3.82. The van der Waals surface area contributed by atoms with Crippen molar-refractivity contribution in [2.24, 2.45) is 0 Å². The average molecular weight is 562 g/mol. The minimum atomic E-state index is -3.69. The van der Waals surface area contributed by atoms with Crippen LogP contribution in [0.2, 0.25) is 0 Å². The molecule has 0 amide bonds.